The molecule has 1 aromatic carbocycles. The van der Waals surface area contributed by atoms with Gasteiger partial charge in [-0.05, 0) is 0 Å². The number of urea groups is 1. The van der Waals surface area contributed by atoms with E-state index in [-0.39, 0.29) is 18.8 Å². The normalized spacial score (nSPS) is 9.74. The second-order valence-corrected chi connectivity index (χ2v) is 3.36. The van der Waals surface area contributed by atoms with E-state index in [1.165, 1.54) is 0 Å². The lowest BCUT2D eigenvalue weighted by Gasteiger charge is -2.06. The lowest BCUT2D eigenvalue weighted by molar-refractivity contribution is -0.394. The summed E-state index contributed by atoms with van der Waals surface area (Å²) in [6.45, 7) is -0.286. The fourth-order valence-corrected chi connectivity index (χ4v) is 1.22. The Morgan fingerprint density at radius 2 is 1.68 bits per heavy atom. The van der Waals surface area contributed by atoms with Crippen molar-refractivity contribution in [3.8, 4) is 0 Å². The minimum Gasteiger partial charge on any atom is -0.395 e. The number of carbonyl (C=O) groups excluding carboxylic acids is 1. The zero-order chi connectivity index (χ0) is 14.4. The van der Waals surface area contributed by atoms with Gasteiger partial charge >= 0.3 is 6.03 Å². The molecule has 2 amide bonds. The third-order valence-electron chi connectivity index (χ3n) is 1.98. The first-order valence-electron chi connectivity index (χ1n) is 5.03. The SMILES string of the molecule is O=C(NCCO)Nc1cc([N+](=O)[O-])cc([N+](=O)[O-])c1. The van der Waals surface area contributed by atoms with Crippen LogP contribution in [0.15, 0.2) is 18.2 Å². The van der Waals surface area contributed by atoms with Crippen LogP contribution < -0.4 is 10.6 Å². The molecule has 0 spiro atoms. The number of carbonyl (C=O) groups is 1. The molecule has 1 rings (SSSR count). The van der Waals surface area contributed by atoms with E-state index in [4.69, 9.17) is 5.11 Å². The molecular weight excluding hydrogens is 260 g/mol. The molecule has 102 valence electrons. The fraction of sp³-hybridized carbons (Fsp3) is 0.222. The Morgan fingerprint density at radius 1 is 1.16 bits per heavy atom. The van der Waals surface area contributed by atoms with Crippen molar-refractivity contribution in [2.24, 2.45) is 0 Å². The van der Waals surface area contributed by atoms with Gasteiger partial charge in [-0.25, -0.2) is 4.79 Å². The van der Waals surface area contributed by atoms with E-state index in [9.17, 15) is 25.0 Å². The van der Waals surface area contributed by atoms with Crippen LogP contribution in [-0.4, -0.2) is 34.1 Å². The Hall–Kier alpha value is -2.75. The number of rotatable bonds is 5. The lowest BCUT2D eigenvalue weighted by atomic mass is 10.2. The van der Waals surface area contributed by atoms with Crippen LogP contribution in [-0.2, 0) is 0 Å². The number of anilines is 1. The third kappa shape index (κ3) is 4.20. The van der Waals surface area contributed by atoms with Gasteiger partial charge in [0.1, 0.15) is 0 Å². The molecule has 0 atom stereocenters. The maximum atomic E-state index is 11.3. The van der Waals surface area contributed by atoms with Crippen molar-refractivity contribution in [1.82, 2.24) is 5.32 Å². The van der Waals surface area contributed by atoms with Crippen LogP contribution in [0.4, 0.5) is 21.9 Å². The van der Waals surface area contributed by atoms with E-state index in [2.05, 4.69) is 10.6 Å². The molecule has 0 heterocycles. The third-order valence-corrected chi connectivity index (χ3v) is 1.98. The molecule has 10 heteroatoms. The number of aliphatic hydroxyl groups excluding tert-OH is 1. The Morgan fingerprint density at radius 3 is 2.11 bits per heavy atom. The first-order chi connectivity index (χ1) is 8.93. The molecule has 0 aliphatic heterocycles. The summed E-state index contributed by atoms with van der Waals surface area (Å²) >= 11 is 0. The average Bonchev–Trinajstić information content (AvgIpc) is 2.35. The highest BCUT2D eigenvalue weighted by molar-refractivity contribution is 5.90. The van der Waals surface area contributed by atoms with Crippen molar-refractivity contribution in [3.05, 3.63) is 38.4 Å². The van der Waals surface area contributed by atoms with E-state index in [0.717, 1.165) is 18.2 Å². The van der Waals surface area contributed by atoms with Gasteiger partial charge < -0.3 is 15.7 Å². The molecule has 0 aliphatic rings. The number of hydrogen-bond donors (Lipinski definition) is 3. The maximum Gasteiger partial charge on any atom is 0.319 e. The zero-order valence-corrected chi connectivity index (χ0v) is 9.53. The summed E-state index contributed by atoms with van der Waals surface area (Å²) in [6, 6.07) is 2.04. The minimum absolute atomic E-state index is 0.0111. The quantitative estimate of drug-likeness (QED) is 0.527. The zero-order valence-electron chi connectivity index (χ0n) is 9.53. The van der Waals surface area contributed by atoms with Crippen LogP contribution in [0.2, 0.25) is 0 Å². The van der Waals surface area contributed by atoms with Gasteiger partial charge in [-0.3, -0.25) is 20.2 Å². The highest BCUT2D eigenvalue weighted by Gasteiger charge is 2.17. The largest absolute Gasteiger partial charge is 0.395 e. The van der Waals surface area contributed by atoms with Gasteiger partial charge in [0, 0.05) is 18.7 Å². The second-order valence-electron chi connectivity index (χ2n) is 3.36. The van der Waals surface area contributed by atoms with Crippen molar-refractivity contribution in [3.63, 3.8) is 0 Å². The van der Waals surface area contributed by atoms with Crippen LogP contribution in [0, 0.1) is 20.2 Å². The molecule has 1 aromatic rings. The Kier molecular flexibility index (Phi) is 4.71. The number of nitro benzene ring substituents is 2. The number of hydrogen-bond acceptors (Lipinski definition) is 6. The van der Waals surface area contributed by atoms with E-state index >= 15 is 0 Å². The number of nitrogens with zero attached hydrogens (tertiary/aromatic N) is 2. The minimum atomic E-state index is -0.802. The van der Waals surface area contributed by atoms with Crippen LogP contribution in [0.1, 0.15) is 0 Å². The van der Waals surface area contributed by atoms with Crippen molar-refractivity contribution in [2.45, 2.75) is 0 Å². The lowest BCUT2D eigenvalue weighted by Crippen LogP contribution is -2.30. The molecule has 0 saturated heterocycles. The van der Waals surface area contributed by atoms with Gasteiger partial charge in [-0.2, -0.15) is 0 Å². The monoisotopic (exact) mass is 270 g/mol. The van der Waals surface area contributed by atoms with Crippen LogP contribution in [0.5, 0.6) is 0 Å². The number of nitro groups is 2. The molecule has 0 radical (unpaired) electrons. The van der Waals surface area contributed by atoms with E-state index in [0.29, 0.717) is 0 Å². The smallest absolute Gasteiger partial charge is 0.319 e. The summed E-state index contributed by atoms with van der Waals surface area (Å²) in [6.07, 6.45) is 0. The predicted molar refractivity (Wildman–Crippen MR) is 63.9 cm³/mol. The standard InChI is InChI=1S/C9H10N4O6/c14-2-1-10-9(15)11-6-3-7(12(16)17)5-8(4-6)13(18)19/h3-5,14H,1-2H2,(H2,10,11,15). The number of non-ortho nitro benzene ring substituents is 2. The molecule has 0 unspecified atom stereocenters. The second kappa shape index (κ2) is 6.26. The molecule has 19 heavy (non-hydrogen) atoms. The van der Waals surface area contributed by atoms with Crippen molar-refractivity contribution in [1.29, 1.82) is 0 Å². The molecule has 0 fully saturated rings. The molecule has 0 aromatic heterocycles. The molecule has 0 saturated carbocycles. The molecule has 3 N–H and O–H groups in total. The molecule has 10 nitrogen and oxygen atoms in total. The van der Waals surface area contributed by atoms with Gasteiger partial charge in [0.25, 0.3) is 11.4 Å². The van der Waals surface area contributed by atoms with Gasteiger partial charge in [0.2, 0.25) is 0 Å². The predicted octanol–water partition coefficient (Wildman–Crippen LogP) is 0.617. The number of nitrogens with one attached hydrogen (secondary N) is 2. The van der Waals surface area contributed by atoms with Gasteiger partial charge in [-0.1, -0.05) is 0 Å². The summed E-state index contributed by atoms with van der Waals surface area (Å²) in [5.74, 6) is 0. The Balaban J connectivity index is 2.96. The Bertz CT molecular complexity index is 485. The summed E-state index contributed by atoms with van der Waals surface area (Å²) in [5.41, 5.74) is -1.10. The topological polar surface area (TPSA) is 148 Å². The van der Waals surface area contributed by atoms with Gasteiger partial charge in [-0.15, -0.1) is 0 Å². The highest BCUT2D eigenvalue weighted by atomic mass is 16.6. The summed E-state index contributed by atoms with van der Waals surface area (Å²) in [4.78, 5) is 30.9. The van der Waals surface area contributed by atoms with E-state index in [1.807, 2.05) is 0 Å². The maximum absolute atomic E-state index is 11.3. The van der Waals surface area contributed by atoms with Crippen LogP contribution >= 0.6 is 0 Å². The highest BCUT2D eigenvalue weighted by Crippen LogP contribution is 2.25. The fourth-order valence-electron chi connectivity index (χ4n) is 1.22. The molecular formula is C9H10N4O6. The first-order valence-corrected chi connectivity index (χ1v) is 5.03. The number of aliphatic hydroxyl groups is 1. The van der Waals surface area contributed by atoms with Crippen molar-refractivity contribution < 1.29 is 19.7 Å². The summed E-state index contributed by atoms with van der Waals surface area (Å²) in [7, 11) is 0. The van der Waals surface area contributed by atoms with Crippen molar-refractivity contribution >= 4 is 23.1 Å². The summed E-state index contributed by atoms with van der Waals surface area (Å²) in [5, 5.41) is 34.1. The molecule has 0 aliphatic carbocycles. The average molecular weight is 270 g/mol. The molecule has 0 bridgehead atoms. The van der Waals surface area contributed by atoms with E-state index < -0.39 is 27.3 Å². The van der Waals surface area contributed by atoms with Crippen molar-refractivity contribution in [2.75, 3.05) is 18.5 Å². The summed E-state index contributed by atoms with van der Waals surface area (Å²) < 4.78 is 0. The number of benzene rings is 1. The van der Waals surface area contributed by atoms with E-state index in [1.54, 1.807) is 0 Å². The first kappa shape index (κ1) is 14.3. The number of amides is 2. The van der Waals surface area contributed by atoms with Gasteiger partial charge in [0.05, 0.1) is 28.2 Å². The van der Waals surface area contributed by atoms with Crippen LogP contribution in [0.25, 0.3) is 0 Å². The van der Waals surface area contributed by atoms with Gasteiger partial charge in [0.15, 0.2) is 0 Å². The Labute approximate surface area is 106 Å². The van der Waals surface area contributed by atoms with Crippen LogP contribution in [0.3, 0.4) is 0 Å².